The van der Waals surface area contributed by atoms with Gasteiger partial charge in [-0.15, -0.1) is 0 Å². The number of H-pyrrole nitrogens is 1. The van der Waals surface area contributed by atoms with Gasteiger partial charge in [0.1, 0.15) is 28.3 Å². The first-order valence-corrected chi connectivity index (χ1v) is 12.3. The Hall–Kier alpha value is -4.44. The van der Waals surface area contributed by atoms with E-state index >= 15 is 0 Å². The molecule has 0 aliphatic heterocycles. The molecule has 0 saturated heterocycles. The van der Waals surface area contributed by atoms with Gasteiger partial charge in [-0.25, -0.2) is 4.98 Å². The standard InChI is InChI=1S/C27H24N4O5S/c1-34-17-8-6-7-16(13-17)31-26(33)25-24(19-9-4-5-10-20(19)29-25)30-27(31)37-15-23(32)28-21-12-11-18(35-2)14-22(21)36-3/h4-14,29H,15H2,1-3H3,(H,28,32). The lowest BCUT2D eigenvalue weighted by atomic mass is 10.2. The number of anilines is 1. The highest BCUT2D eigenvalue weighted by molar-refractivity contribution is 7.99. The van der Waals surface area contributed by atoms with Crippen LogP contribution >= 0.6 is 11.8 Å². The van der Waals surface area contributed by atoms with Gasteiger partial charge in [-0.2, -0.15) is 0 Å². The van der Waals surface area contributed by atoms with Gasteiger partial charge in [0, 0.05) is 23.0 Å². The van der Waals surface area contributed by atoms with Gasteiger partial charge in [0.15, 0.2) is 5.16 Å². The number of hydrogen-bond acceptors (Lipinski definition) is 7. The highest BCUT2D eigenvalue weighted by Gasteiger charge is 2.19. The molecule has 0 saturated carbocycles. The molecule has 0 aliphatic rings. The Kier molecular flexibility index (Phi) is 6.74. The number of para-hydroxylation sites is 1. The fourth-order valence-corrected chi connectivity index (χ4v) is 4.84. The van der Waals surface area contributed by atoms with Crippen LogP contribution in [0.5, 0.6) is 17.2 Å². The van der Waals surface area contributed by atoms with E-state index in [9.17, 15) is 9.59 Å². The number of amides is 1. The van der Waals surface area contributed by atoms with Crippen LogP contribution in [-0.2, 0) is 4.79 Å². The van der Waals surface area contributed by atoms with Gasteiger partial charge in [-0.3, -0.25) is 14.2 Å². The van der Waals surface area contributed by atoms with E-state index in [2.05, 4.69) is 10.3 Å². The van der Waals surface area contributed by atoms with E-state index in [4.69, 9.17) is 19.2 Å². The number of carbonyl (C=O) groups is 1. The smallest absolute Gasteiger partial charge is 0.283 e. The summed E-state index contributed by atoms with van der Waals surface area (Å²) in [7, 11) is 4.64. The van der Waals surface area contributed by atoms with Crippen LogP contribution in [-0.4, -0.2) is 47.5 Å². The van der Waals surface area contributed by atoms with Crippen LogP contribution in [0.25, 0.3) is 27.6 Å². The van der Waals surface area contributed by atoms with Crippen molar-refractivity contribution in [1.82, 2.24) is 14.5 Å². The summed E-state index contributed by atoms with van der Waals surface area (Å²) in [5.41, 5.74) is 2.58. The Balaban J connectivity index is 1.53. The number of hydrogen-bond donors (Lipinski definition) is 2. The zero-order valence-corrected chi connectivity index (χ0v) is 21.2. The van der Waals surface area contributed by atoms with Crippen molar-refractivity contribution in [3.8, 4) is 22.9 Å². The maximum atomic E-state index is 13.7. The van der Waals surface area contributed by atoms with Gasteiger partial charge >= 0.3 is 0 Å². The number of aromatic nitrogens is 3. The SMILES string of the molecule is COc1cccc(-n2c(SCC(=O)Nc3ccc(OC)cc3OC)nc3c([nH]c4ccccc43)c2=O)c1. The number of carbonyl (C=O) groups excluding carboxylic acids is 1. The second-order valence-corrected chi connectivity index (χ2v) is 8.98. The number of thioether (sulfide) groups is 1. The monoisotopic (exact) mass is 516 g/mol. The summed E-state index contributed by atoms with van der Waals surface area (Å²) in [6, 6.07) is 19.9. The first-order chi connectivity index (χ1) is 18.0. The summed E-state index contributed by atoms with van der Waals surface area (Å²) < 4.78 is 17.4. The predicted octanol–water partition coefficient (Wildman–Crippen LogP) is 4.62. The highest BCUT2D eigenvalue weighted by atomic mass is 32.2. The fraction of sp³-hybridized carbons (Fsp3) is 0.148. The zero-order valence-electron chi connectivity index (χ0n) is 20.4. The van der Waals surface area contributed by atoms with Crippen molar-refractivity contribution in [2.45, 2.75) is 5.16 Å². The Morgan fingerprint density at radius 3 is 2.54 bits per heavy atom. The minimum absolute atomic E-state index is 0.0133. The van der Waals surface area contributed by atoms with Crippen LogP contribution in [0, 0.1) is 0 Å². The van der Waals surface area contributed by atoms with Crippen LogP contribution in [0.4, 0.5) is 5.69 Å². The van der Waals surface area contributed by atoms with Gasteiger partial charge in [0.2, 0.25) is 5.91 Å². The van der Waals surface area contributed by atoms with Crippen molar-refractivity contribution < 1.29 is 19.0 Å². The molecule has 188 valence electrons. The minimum Gasteiger partial charge on any atom is -0.497 e. The summed E-state index contributed by atoms with van der Waals surface area (Å²) >= 11 is 1.16. The molecular weight excluding hydrogens is 492 g/mol. The Morgan fingerprint density at radius 2 is 1.76 bits per heavy atom. The number of benzene rings is 3. The molecule has 0 fully saturated rings. The van der Waals surface area contributed by atoms with Crippen molar-refractivity contribution >= 4 is 45.3 Å². The summed E-state index contributed by atoms with van der Waals surface area (Å²) in [6.07, 6.45) is 0. The van der Waals surface area contributed by atoms with E-state index in [1.807, 2.05) is 24.3 Å². The second-order valence-electron chi connectivity index (χ2n) is 8.03. The quantitative estimate of drug-likeness (QED) is 0.229. The molecule has 3 aromatic carbocycles. The lowest BCUT2D eigenvalue weighted by Gasteiger charge is -2.14. The summed E-state index contributed by atoms with van der Waals surface area (Å²) in [4.78, 5) is 34.6. The first kappa shape index (κ1) is 24.3. The molecule has 5 aromatic rings. The minimum atomic E-state index is -0.279. The van der Waals surface area contributed by atoms with Crippen molar-refractivity contribution in [3.63, 3.8) is 0 Å². The van der Waals surface area contributed by atoms with Gasteiger partial charge in [0.05, 0.1) is 38.5 Å². The van der Waals surface area contributed by atoms with Crippen LogP contribution in [0.2, 0.25) is 0 Å². The molecule has 9 nitrogen and oxygen atoms in total. The molecule has 37 heavy (non-hydrogen) atoms. The largest absolute Gasteiger partial charge is 0.497 e. The van der Waals surface area contributed by atoms with Crippen LogP contribution in [0.15, 0.2) is 76.7 Å². The number of ether oxygens (including phenoxy) is 3. The van der Waals surface area contributed by atoms with E-state index in [0.29, 0.717) is 44.8 Å². The van der Waals surface area contributed by atoms with Crippen LogP contribution in [0.1, 0.15) is 0 Å². The van der Waals surface area contributed by atoms with Crippen LogP contribution in [0.3, 0.4) is 0 Å². The van der Waals surface area contributed by atoms with E-state index in [1.165, 1.54) is 11.7 Å². The third kappa shape index (κ3) is 4.70. The molecule has 0 aliphatic carbocycles. The number of aromatic amines is 1. The molecular formula is C27H24N4O5S. The number of fused-ring (bicyclic) bond motifs is 3. The molecule has 0 atom stereocenters. The third-order valence-electron chi connectivity index (χ3n) is 5.82. The number of nitrogens with zero attached hydrogens (tertiary/aromatic N) is 2. The molecule has 0 radical (unpaired) electrons. The van der Waals surface area contributed by atoms with Gasteiger partial charge in [-0.05, 0) is 30.3 Å². The zero-order chi connectivity index (χ0) is 25.9. The molecule has 0 unspecified atom stereocenters. The summed E-state index contributed by atoms with van der Waals surface area (Å²) in [5.74, 6) is 1.42. The molecule has 0 bridgehead atoms. The fourth-order valence-electron chi connectivity index (χ4n) is 4.03. The average Bonchev–Trinajstić information content (AvgIpc) is 3.31. The van der Waals surface area contributed by atoms with Gasteiger partial charge in [0.25, 0.3) is 5.56 Å². The Labute approximate surface area is 216 Å². The van der Waals surface area contributed by atoms with Crippen LogP contribution < -0.4 is 25.1 Å². The van der Waals surface area contributed by atoms with E-state index in [-0.39, 0.29) is 17.2 Å². The molecule has 0 spiro atoms. The first-order valence-electron chi connectivity index (χ1n) is 11.3. The molecule has 5 rings (SSSR count). The second kappa shape index (κ2) is 10.3. The summed E-state index contributed by atoms with van der Waals surface area (Å²) in [6.45, 7) is 0. The van der Waals surface area contributed by atoms with E-state index in [1.54, 1.807) is 56.7 Å². The van der Waals surface area contributed by atoms with Crippen molar-refractivity contribution in [1.29, 1.82) is 0 Å². The normalized spacial score (nSPS) is 11.0. The molecule has 1 amide bonds. The summed E-state index contributed by atoms with van der Waals surface area (Å²) in [5, 5.41) is 4.07. The topological polar surface area (TPSA) is 107 Å². The molecule has 2 heterocycles. The number of methoxy groups -OCH3 is 3. The van der Waals surface area contributed by atoms with Gasteiger partial charge < -0.3 is 24.5 Å². The van der Waals surface area contributed by atoms with Crippen molar-refractivity contribution in [3.05, 3.63) is 77.1 Å². The maximum absolute atomic E-state index is 13.7. The predicted molar refractivity (Wildman–Crippen MR) is 145 cm³/mol. The lowest BCUT2D eigenvalue weighted by Crippen LogP contribution is -2.23. The Bertz CT molecular complexity index is 1680. The van der Waals surface area contributed by atoms with E-state index in [0.717, 1.165) is 22.7 Å². The third-order valence-corrected chi connectivity index (χ3v) is 6.76. The van der Waals surface area contributed by atoms with Crippen molar-refractivity contribution in [2.75, 3.05) is 32.4 Å². The lowest BCUT2D eigenvalue weighted by molar-refractivity contribution is -0.113. The Morgan fingerprint density at radius 1 is 0.973 bits per heavy atom. The van der Waals surface area contributed by atoms with Gasteiger partial charge in [-0.1, -0.05) is 36.0 Å². The number of nitrogens with one attached hydrogen (secondary N) is 2. The highest BCUT2D eigenvalue weighted by Crippen LogP contribution is 2.30. The molecule has 2 aromatic heterocycles. The average molecular weight is 517 g/mol. The molecule has 2 N–H and O–H groups in total. The molecule has 10 heteroatoms. The maximum Gasteiger partial charge on any atom is 0.283 e. The van der Waals surface area contributed by atoms with Crippen molar-refractivity contribution in [2.24, 2.45) is 0 Å². The number of rotatable bonds is 8. The van der Waals surface area contributed by atoms with E-state index < -0.39 is 0 Å².